The molecule has 1 N–H and O–H groups in total. The van der Waals surface area contributed by atoms with Gasteiger partial charge >= 0.3 is 23.8 Å². The maximum Gasteiger partial charge on any atom is 0.339 e. The number of rotatable bonds is 4. The second-order valence-electron chi connectivity index (χ2n) is 4.62. The Morgan fingerprint density at radius 1 is 1.13 bits per heavy atom. The molecule has 0 saturated carbocycles. The first-order valence-electron chi connectivity index (χ1n) is 6.47. The molecule has 0 atom stereocenters. The standard InChI is InChI=1S/C14H13N3O6/c1-16-11(19)12(20)17(14(16)22)7-10(18)15-9-6-4-3-5-8(9)13(21)23-2/h3-6H,7H2,1-2H3,(H,15,18). The van der Waals surface area contributed by atoms with Crippen LogP contribution in [-0.4, -0.2) is 60.2 Å². The summed E-state index contributed by atoms with van der Waals surface area (Å²) in [7, 11) is 2.34. The number of urea groups is 1. The minimum absolute atomic E-state index is 0.121. The third kappa shape index (κ3) is 3.03. The summed E-state index contributed by atoms with van der Waals surface area (Å²) in [5.41, 5.74) is 0.291. The Bertz CT molecular complexity index is 714. The van der Waals surface area contributed by atoms with Gasteiger partial charge in [0.15, 0.2) is 0 Å². The average molecular weight is 319 g/mol. The molecule has 9 heteroatoms. The lowest BCUT2D eigenvalue weighted by molar-refractivity contribution is -0.143. The number of anilines is 1. The largest absolute Gasteiger partial charge is 0.465 e. The summed E-state index contributed by atoms with van der Waals surface area (Å²) < 4.78 is 4.59. The van der Waals surface area contributed by atoms with E-state index in [2.05, 4.69) is 10.1 Å². The van der Waals surface area contributed by atoms with Crippen molar-refractivity contribution in [3.05, 3.63) is 29.8 Å². The van der Waals surface area contributed by atoms with Gasteiger partial charge in [0.05, 0.1) is 18.4 Å². The molecule has 0 aromatic heterocycles. The number of carbonyl (C=O) groups excluding carboxylic acids is 5. The van der Waals surface area contributed by atoms with Gasteiger partial charge in [0.1, 0.15) is 6.54 Å². The zero-order valence-corrected chi connectivity index (χ0v) is 12.4. The molecule has 1 heterocycles. The summed E-state index contributed by atoms with van der Waals surface area (Å²) in [6, 6.07) is 5.21. The fourth-order valence-electron chi connectivity index (χ4n) is 1.97. The molecule has 0 bridgehead atoms. The van der Waals surface area contributed by atoms with Crippen LogP contribution in [0.4, 0.5) is 10.5 Å². The van der Waals surface area contributed by atoms with Crippen molar-refractivity contribution in [1.82, 2.24) is 9.80 Å². The Balaban J connectivity index is 2.12. The van der Waals surface area contributed by atoms with Crippen molar-refractivity contribution in [2.24, 2.45) is 0 Å². The number of para-hydroxylation sites is 1. The molecule has 0 aliphatic carbocycles. The van der Waals surface area contributed by atoms with Crippen LogP contribution in [0.2, 0.25) is 0 Å². The lowest BCUT2D eigenvalue weighted by atomic mass is 10.2. The summed E-state index contributed by atoms with van der Waals surface area (Å²) in [5, 5.41) is 2.41. The molecule has 5 amide bonds. The molecule has 0 unspecified atom stereocenters. The molecular weight excluding hydrogens is 306 g/mol. The van der Waals surface area contributed by atoms with Gasteiger partial charge in [-0.15, -0.1) is 0 Å². The molecule has 2 rings (SSSR count). The van der Waals surface area contributed by atoms with Crippen molar-refractivity contribution in [3.8, 4) is 0 Å². The number of amides is 5. The number of ether oxygens (including phenoxy) is 1. The van der Waals surface area contributed by atoms with E-state index in [1.807, 2.05) is 0 Å². The molecule has 0 spiro atoms. The Hall–Kier alpha value is -3.23. The summed E-state index contributed by atoms with van der Waals surface area (Å²) in [4.78, 5) is 59.4. The number of carbonyl (C=O) groups is 5. The molecule has 1 aliphatic rings. The second kappa shape index (κ2) is 6.26. The van der Waals surface area contributed by atoms with Gasteiger partial charge < -0.3 is 10.1 Å². The molecule has 1 aliphatic heterocycles. The van der Waals surface area contributed by atoms with Crippen molar-refractivity contribution in [2.45, 2.75) is 0 Å². The van der Waals surface area contributed by atoms with Crippen molar-refractivity contribution in [3.63, 3.8) is 0 Å². The predicted octanol–water partition coefficient (Wildman–Crippen LogP) is -0.168. The van der Waals surface area contributed by atoms with Crippen LogP contribution in [0.25, 0.3) is 0 Å². The van der Waals surface area contributed by atoms with Crippen LogP contribution in [0.3, 0.4) is 0 Å². The maximum atomic E-state index is 12.0. The van der Waals surface area contributed by atoms with Crippen molar-refractivity contribution in [1.29, 1.82) is 0 Å². The third-order valence-corrected chi connectivity index (χ3v) is 3.16. The van der Waals surface area contributed by atoms with Gasteiger partial charge in [-0.2, -0.15) is 0 Å². The van der Waals surface area contributed by atoms with Crippen molar-refractivity contribution >= 4 is 35.4 Å². The van der Waals surface area contributed by atoms with Gasteiger partial charge in [0.25, 0.3) is 0 Å². The van der Waals surface area contributed by atoms with Crippen LogP contribution in [0.5, 0.6) is 0 Å². The number of nitrogens with one attached hydrogen (secondary N) is 1. The Labute approximate surface area is 130 Å². The first-order valence-corrected chi connectivity index (χ1v) is 6.47. The number of imide groups is 2. The van der Waals surface area contributed by atoms with E-state index in [0.717, 1.165) is 7.05 Å². The molecule has 1 saturated heterocycles. The topological polar surface area (TPSA) is 113 Å². The lowest BCUT2D eigenvalue weighted by Crippen LogP contribution is -2.38. The molecule has 1 fully saturated rings. The highest BCUT2D eigenvalue weighted by Crippen LogP contribution is 2.16. The zero-order valence-electron chi connectivity index (χ0n) is 12.4. The lowest BCUT2D eigenvalue weighted by Gasteiger charge is -2.14. The van der Waals surface area contributed by atoms with Crippen molar-refractivity contribution in [2.75, 3.05) is 26.0 Å². The highest BCUT2D eigenvalue weighted by Gasteiger charge is 2.43. The minimum atomic E-state index is -1.08. The summed E-state index contributed by atoms with van der Waals surface area (Å²) in [6.45, 7) is -0.636. The quantitative estimate of drug-likeness (QED) is 0.468. The van der Waals surface area contributed by atoms with Crippen molar-refractivity contribution < 1.29 is 28.7 Å². The van der Waals surface area contributed by atoms with E-state index in [1.165, 1.54) is 19.2 Å². The maximum absolute atomic E-state index is 12.0. The summed E-state index contributed by atoms with van der Waals surface area (Å²) >= 11 is 0. The van der Waals surface area contributed by atoms with Crippen LogP contribution in [0.1, 0.15) is 10.4 Å². The van der Waals surface area contributed by atoms with Crippen LogP contribution in [0.15, 0.2) is 24.3 Å². The third-order valence-electron chi connectivity index (χ3n) is 3.16. The molecule has 23 heavy (non-hydrogen) atoms. The van der Waals surface area contributed by atoms with E-state index in [-0.39, 0.29) is 11.3 Å². The number of methoxy groups -OCH3 is 1. The van der Waals surface area contributed by atoms with E-state index in [0.29, 0.717) is 9.80 Å². The first-order chi connectivity index (χ1) is 10.9. The number of hydrogen-bond acceptors (Lipinski definition) is 6. The highest BCUT2D eigenvalue weighted by atomic mass is 16.5. The molecule has 0 radical (unpaired) electrons. The smallest absolute Gasteiger partial charge is 0.339 e. The van der Waals surface area contributed by atoms with Gasteiger partial charge in [-0.3, -0.25) is 19.3 Å². The molecular formula is C14H13N3O6. The normalized spacial score (nSPS) is 14.3. The second-order valence-corrected chi connectivity index (χ2v) is 4.62. The Kier molecular flexibility index (Phi) is 4.39. The molecule has 1 aromatic carbocycles. The van der Waals surface area contributed by atoms with E-state index in [4.69, 9.17) is 0 Å². The summed E-state index contributed by atoms with van der Waals surface area (Å²) in [5.74, 6) is -3.46. The number of esters is 1. The average Bonchev–Trinajstić information content (AvgIpc) is 2.72. The van der Waals surface area contributed by atoms with Crippen LogP contribution >= 0.6 is 0 Å². The fraction of sp³-hybridized carbons (Fsp3) is 0.214. The molecule has 120 valence electrons. The fourth-order valence-corrected chi connectivity index (χ4v) is 1.97. The van der Waals surface area contributed by atoms with E-state index >= 15 is 0 Å². The van der Waals surface area contributed by atoms with Gasteiger partial charge in [-0.1, -0.05) is 12.1 Å². The SMILES string of the molecule is COC(=O)c1ccccc1NC(=O)CN1C(=O)C(=O)N(C)C1=O. The van der Waals surface area contributed by atoms with Crippen LogP contribution in [-0.2, 0) is 19.1 Å². The van der Waals surface area contributed by atoms with E-state index < -0.39 is 36.3 Å². The van der Waals surface area contributed by atoms with Crippen LogP contribution in [0, 0.1) is 0 Å². The first kappa shape index (κ1) is 16.1. The Morgan fingerprint density at radius 3 is 2.35 bits per heavy atom. The van der Waals surface area contributed by atoms with Gasteiger partial charge in [0, 0.05) is 7.05 Å². The van der Waals surface area contributed by atoms with Gasteiger partial charge in [0.2, 0.25) is 5.91 Å². The van der Waals surface area contributed by atoms with Gasteiger partial charge in [-0.25, -0.2) is 14.5 Å². The minimum Gasteiger partial charge on any atom is -0.465 e. The zero-order chi connectivity index (χ0) is 17.1. The summed E-state index contributed by atoms with van der Waals surface area (Å²) in [6.07, 6.45) is 0. The monoisotopic (exact) mass is 319 g/mol. The number of nitrogens with zero attached hydrogens (tertiary/aromatic N) is 2. The van der Waals surface area contributed by atoms with Gasteiger partial charge in [-0.05, 0) is 12.1 Å². The van der Waals surface area contributed by atoms with E-state index in [1.54, 1.807) is 12.1 Å². The molecule has 9 nitrogen and oxygen atoms in total. The Morgan fingerprint density at radius 2 is 1.78 bits per heavy atom. The number of likely N-dealkylation sites (N-methyl/N-ethyl adjacent to an activating group) is 1. The number of benzene rings is 1. The number of hydrogen-bond donors (Lipinski definition) is 1. The van der Waals surface area contributed by atoms with Crippen LogP contribution < -0.4 is 5.32 Å². The van der Waals surface area contributed by atoms with E-state index in [9.17, 15) is 24.0 Å². The predicted molar refractivity (Wildman–Crippen MR) is 76.3 cm³/mol. The molecule has 1 aromatic rings. The highest BCUT2D eigenvalue weighted by molar-refractivity contribution is 6.44.